The van der Waals surface area contributed by atoms with Gasteiger partial charge in [0.2, 0.25) is 0 Å². The molecular weight excluding hydrogens is 336 g/mol. The molecule has 0 saturated carbocycles. The lowest BCUT2D eigenvalue weighted by atomic mass is 10.1. The highest BCUT2D eigenvalue weighted by Gasteiger charge is 2.06. The number of ether oxygens (including phenoxy) is 1. The molecule has 0 aliphatic rings. The molecule has 1 unspecified atom stereocenters. The largest absolute Gasteiger partial charge is 0.481 e. The lowest BCUT2D eigenvalue weighted by molar-refractivity contribution is -0.137. The molecule has 1 atom stereocenters. The van der Waals surface area contributed by atoms with Gasteiger partial charge in [-0.25, -0.2) is 0 Å². The average molecular weight is 379 g/mol. The van der Waals surface area contributed by atoms with Gasteiger partial charge in [0.05, 0.1) is 0 Å². The van der Waals surface area contributed by atoms with Gasteiger partial charge in [-0.3, -0.25) is 4.79 Å². The number of carboxylic acid groups (broad SMARTS) is 1. The first kappa shape index (κ1) is 25.6. The summed E-state index contributed by atoms with van der Waals surface area (Å²) in [7, 11) is 0. The fourth-order valence-corrected chi connectivity index (χ4v) is 2.90. The number of aliphatic carboxylic acids is 1. The minimum absolute atomic E-state index is 0.225. The van der Waals surface area contributed by atoms with Crippen LogP contribution in [0.15, 0.2) is 12.2 Å². The fraction of sp³-hybridized carbons (Fsp3) is 0.792. The second kappa shape index (κ2) is 20.9. The van der Waals surface area contributed by atoms with Crippen LogP contribution in [0.1, 0.15) is 117 Å². The van der Waals surface area contributed by atoms with E-state index in [4.69, 9.17) is 9.84 Å². The molecule has 0 rings (SSSR count). The highest BCUT2D eigenvalue weighted by molar-refractivity contribution is 5.66. The zero-order valence-corrected chi connectivity index (χ0v) is 17.8. The van der Waals surface area contributed by atoms with E-state index in [2.05, 4.69) is 38.0 Å². The summed E-state index contributed by atoms with van der Waals surface area (Å²) in [5, 5.41) is 8.60. The van der Waals surface area contributed by atoms with Crippen molar-refractivity contribution in [2.75, 3.05) is 0 Å². The Morgan fingerprint density at radius 1 is 0.926 bits per heavy atom. The van der Waals surface area contributed by atoms with Gasteiger partial charge in [0, 0.05) is 19.3 Å². The minimum atomic E-state index is -0.681. The number of hydrogen-bond donors (Lipinski definition) is 1. The summed E-state index contributed by atoms with van der Waals surface area (Å²) in [6.45, 7) is 4.42. The van der Waals surface area contributed by atoms with Gasteiger partial charge in [-0.15, -0.1) is 0 Å². The summed E-state index contributed by atoms with van der Waals surface area (Å²) in [4.78, 5) is 10.4. The lowest BCUT2D eigenvalue weighted by Crippen LogP contribution is -2.08. The molecule has 0 aliphatic carbocycles. The maximum Gasteiger partial charge on any atom is 0.303 e. The van der Waals surface area contributed by atoms with Crippen LogP contribution in [-0.4, -0.2) is 17.2 Å². The standard InChI is InChI=1S/C24H42O3/c1-3-5-7-15-19-23(27-22-18-8-6-4-2)20-16-13-11-9-10-12-14-17-21-24(25)26/h13,16,23H,3-12,14-15,17,19-21H2,1-2H3,(H,25,26). The van der Waals surface area contributed by atoms with Crippen molar-refractivity contribution in [1.82, 2.24) is 0 Å². The van der Waals surface area contributed by atoms with Gasteiger partial charge >= 0.3 is 5.97 Å². The van der Waals surface area contributed by atoms with Crippen LogP contribution in [0.2, 0.25) is 0 Å². The molecule has 0 radical (unpaired) electrons. The van der Waals surface area contributed by atoms with Crippen LogP contribution in [0, 0.1) is 12.0 Å². The first-order valence-electron chi connectivity index (χ1n) is 11.2. The average Bonchev–Trinajstić information content (AvgIpc) is 2.65. The molecule has 0 amide bonds. The molecule has 0 spiro atoms. The zero-order chi connectivity index (χ0) is 20.0. The van der Waals surface area contributed by atoms with Crippen molar-refractivity contribution in [2.24, 2.45) is 0 Å². The van der Waals surface area contributed by atoms with Crippen LogP contribution in [-0.2, 0) is 9.53 Å². The third kappa shape index (κ3) is 20.7. The van der Waals surface area contributed by atoms with E-state index in [1.165, 1.54) is 44.9 Å². The van der Waals surface area contributed by atoms with Crippen molar-refractivity contribution in [3.05, 3.63) is 12.2 Å². The molecule has 0 heterocycles. The fourth-order valence-electron chi connectivity index (χ4n) is 2.90. The lowest BCUT2D eigenvalue weighted by Gasteiger charge is -2.12. The molecule has 3 heteroatoms. The SMILES string of the molecule is CCCCC#COC(CC=CCCCCCCCC(=O)O)CCCCCC. The first-order valence-corrected chi connectivity index (χ1v) is 11.2. The topological polar surface area (TPSA) is 46.5 Å². The Balaban J connectivity index is 3.90. The smallest absolute Gasteiger partial charge is 0.303 e. The van der Waals surface area contributed by atoms with E-state index < -0.39 is 5.97 Å². The summed E-state index contributed by atoms with van der Waals surface area (Å²) in [6, 6.07) is 0. The molecule has 3 nitrogen and oxygen atoms in total. The quantitative estimate of drug-likeness (QED) is 0.155. The molecule has 0 fully saturated rings. The van der Waals surface area contributed by atoms with E-state index in [9.17, 15) is 4.79 Å². The Kier molecular flexibility index (Phi) is 19.8. The molecular formula is C24H42O3. The van der Waals surface area contributed by atoms with Crippen LogP contribution in [0.4, 0.5) is 0 Å². The molecule has 27 heavy (non-hydrogen) atoms. The van der Waals surface area contributed by atoms with Crippen molar-refractivity contribution in [3.8, 4) is 12.0 Å². The second-order valence-corrected chi connectivity index (χ2v) is 7.38. The van der Waals surface area contributed by atoms with Crippen LogP contribution < -0.4 is 0 Å². The van der Waals surface area contributed by atoms with E-state index in [0.717, 1.165) is 51.4 Å². The van der Waals surface area contributed by atoms with Gasteiger partial charge in [0.15, 0.2) is 0 Å². The minimum Gasteiger partial charge on any atom is -0.481 e. The van der Waals surface area contributed by atoms with E-state index in [-0.39, 0.29) is 6.10 Å². The maximum atomic E-state index is 10.4. The molecule has 0 aliphatic heterocycles. The second-order valence-electron chi connectivity index (χ2n) is 7.38. The number of hydrogen-bond acceptors (Lipinski definition) is 2. The van der Waals surface area contributed by atoms with Crippen LogP contribution in [0.25, 0.3) is 0 Å². The van der Waals surface area contributed by atoms with Gasteiger partial charge < -0.3 is 9.84 Å². The summed E-state index contributed by atoms with van der Waals surface area (Å²) in [6.07, 6.45) is 24.8. The predicted octanol–water partition coefficient (Wildman–Crippen LogP) is 7.25. The number of carboxylic acids is 1. The van der Waals surface area contributed by atoms with Crippen molar-refractivity contribution < 1.29 is 14.6 Å². The van der Waals surface area contributed by atoms with E-state index >= 15 is 0 Å². The van der Waals surface area contributed by atoms with Gasteiger partial charge in [-0.05, 0) is 38.5 Å². The number of allylic oxidation sites excluding steroid dienone is 1. The molecule has 0 saturated heterocycles. The maximum absolute atomic E-state index is 10.4. The Bertz CT molecular complexity index is 417. The third-order valence-corrected chi connectivity index (χ3v) is 4.66. The summed E-state index contributed by atoms with van der Waals surface area (Å²) in [5.41, 5.74) is 0. The molecule has 156 valence electrons. The van der Waals surface area contributed by atoms with Crippen molar-refractivity contribution >= 4 is 5.97 Å². The first-order chi connectivity index (χ1) is 13.2. The molecule has 0 aromatic rings. The van der Waals surface area contributed by atoms with Gasteiger partial charge in [-0.2, -0.15) is 0 Å². The third-order valence-electron chi connectivity index (χ3n) is 4.66. The Morgan fingerprint density at radius 3 is 2.37 bits per heavy atom. The van der Waals surface area contributed by atoms with Crippen LogP contribution in [0.3, 0.4) is 0 Å². The Labute approximate surface area is 168 Å². The normalized spacial score (nSPS) is 11.9. The van der Waals surface area contributed by atoms with Gasteiger partial charge in [-0.1, -0.05) is 76.9 Å². The number of unbranched alkanes of at least 4 members (excludes halogenated alkanes) is 10. The molecule has 1 N–H and O–H groups in total. The van der Waals surface area contributed by atoms with E-state index in [1.807, 2.05) is 0 Å². The monoisotopic (exact) mass is 378 g/mol. The molecule has 0 bridgehead atoms. The van der Waals surface area contributed by atoms with E-state index in [1.54, 1.807) is 0 Å². The van der Waals surface area contributed by atoms with E-state index in [0.29, 0.717) is 6.42 Å². The zero-order valence-electron chi connectivity index (χ0n) is 17.8. The highest BCUT2D eigenvalue weighted by atomic mass is 16.5. The Morgan fingerprint density at radius 2 is 1.63 bits per heavy atom. The van der Waals surface area contributed by atoms with Crippen molar-refractivity contribution in [3.63, 3.8) is 0 Å². The van der Waals surface area contributed by atoms with Crippen LogP contribution in [0.5, 0.6) is 0 Å². The highest BCUT2D eigenvalue weighted by Crippen LogP contribution is 2.13. The van der Waals surface area contributed by atoms with Gasteiger partial charge in [0.1, 0.15) is 12.2 Å². The van der Waals surface area contributed by atoms with Crippen molar-refractivity contribution in [2.45, 2.75) is 123 Å². The predicted molar refractivity (Wildman–Crippen MR) is 115 cm³/mol. The number of rotatable bonds is 18. The summed E-state index contributed by atoms with van der Waals surface area (Å²) >= 11 is 0. The van der Waals surface area contributed by atoms with Crippen LogP contribution >= 0.6 is 0 Å². The van der Waals surface area contributed by atoms with Crippen molar-refractivity contribution in [1.29, 1.82) is 0 Å². The molecule has 0 aromatic carbocycles. The molecule has 0 aromatic heterocycles. The summed E-state index contributed by atoms with van der Waals surface area (Å²) in [5.74, 6) is 2.45. The summed E-state index contributed by atoms with van der Waals surface area (Å²) < 4.78 is 5.80. The Hall–Kier alpha value is -1.43. The number of carbonyl (C=O) groups is 1. The van der Waals surface area contributed by atoms with Gasteiger partial charge in [0.25, 0.3) is 0 Å².